The number of hydrogen-bond acceptors (Lipinski definition) is 6. The van der Waals surface area contributed by atoms with Crippen LogP contribution in [0, 0.1) is 6.92 Å². The first-order valence-electron chi connectivity index (χ1n) is 11.0. The minimum atomic E-state index is -3.89. The number of methoxy groups -OCH3 is 1. The highest BCUT2D eigenvalue weighted by molar-refractivity contribution is 7.92. The fourth-order valence-electron chi connectivity index (χ4n) is 3.11. The molecule has 180 valence electrons. The van der Waals surface area contributed by atoms with Gasteiger partial charge in [-0.2, -0.15) is 0 Å². The number of esters is 1. The Bertz CT molecular complexity index is 1210. The lowest BCUT2D eigenvalue weighted by atomic mass is 10.1. The van der Waals surface area contributed by atoms with Crippen LogP contribution in [0.15, 0.2) is 71.6 Å². The molecule has 1 N–H and O–H groups in total. The number of benzene rings is 3. The van der Waals surface area contributed by atoms with Crippen LogP contribution in [-0.4, -0.2) is 28.1 Å². The molecule has 3 rings (SSSR count). The molecule has 0 heterocycles. The van der Waals surface area contributed by atoms with Crippen LogP contribution in [0.3, 0.4) is 0 Å². The van der Waals surface area contributed by atoms with Gasteiger partial charge in [0.1, 0.15) is 18.1 Å². The molecule has 0 saturated carbocycles. The summed E-state index contributed by atoms with van der Waals surface area (Å²) in [5, 5.41) is 0. The van der Waals surface area contributed by atoms with E-state index in [0.29, 0.717) is 30.2 Å². The summed E-state index contributed by atoms with van der Waals surface area (Å²) in [6.45, 7) is 4.92. The molecule has 0 aliphatic heterocycles. The maximum atomic E-state index is 12.8. The standard InChI is InChI=1S/C26H29NO6S/c1-4-5-16-32-22-11-7-20(8-12-22)18-33-23-13-9-21(10-14-23)27-34(29,30)24-15-6-19(2)25(17-24)26(28)31-3/h6-15,17,27H,4-5,16,18H2,1-3H3. The maximum absolute atomic E-state index is 12.8. The number of carbonyl (C=O) groups is 1. The van der Waals surface area contributed by atoms with Crippen molar-refractivity contribution in [2.45, 2.75) is 38.2 Å². The van der Waals surface area contributed by atoms with Crippen molar-refractivity contribution >= 4 is 21.7 Å². The molecule has 0 aliphatic carbocycles. The summed E-state index contributed by atoms with van der Waals surface area (Å²) in [7, 11) is -2.63. The maximum Gasteiger partial charge on any atom is 0.338 e. The van der Waals surface area contributed by atoms with Gasteiger partial charge in [-0.15, -0.1) is 0 Å². The summed E-state index contributed by atoms with van der Waals surface area (Å²) in [4.78, 5) is 11.9. The number of rotatable bonds is 11. The molecule has 3 aromatic carbocycles. The molecule has 0 fully saturated rings. The smallest absolute Gasteiger partial charge is 0.338 e. The van der Waals surface area contributed by atoms with Crippen LogP contribution in [0.25, 0.3) is 0 Å². The summed E-state index contributed by atoms with van der Waals surface area (Å²) in [6, 6.07) is 18.7. The molecule has 8 heteroatoms. The number of sulfonamides is 1. The third-order valence-electron chi connectivity index (χ3n) is 5.13. The first-order chi connectivity index (χ1) is 16.3. The van der Waals surface area contributed by atoms with Crippen molar-refractivity contribution in [3.8, 4) is 11.5 Å². The van der Waals surface area contributed by atoms with Gasteiger partial charge in [0, 0.05) is 5.69 Å². The van der Waals surface area contributed by atoms with Gasteiger partial charge in [0.15, 0.2) is 0 Å². The van der Waals surface area contributed by atoms with E-state index in [1.54, 1.807) is 37.3 Å². The molecule has 0 bridgehead atoms. The Balaban J connectivity index is 1.60. The van der Waals surface area contributed by atoms with Crippen molar-refractivity contribution in [3.05, 3.63) is 83.4 Å². The zero-order valence-corrected chi connectivity index (χ0v) is 20.4. The molecule has 34 heavy (non-hydrogen) atoms. The quantitative estimate of drug-likeness (QED) is 0.292. The van der Waals surface area contributed by atoms with Crippen molar-refractivity contribution in [1.82, 2.24) is 0 Å². The Hall–Kier alpha value is -3.52. The van der Waals surface area contributed by atoms with Crippen LogP contribution in [0.4, 0.5) is 5.69 Å². The van der Waals surface area contributed by atoms with E-state index in [9.17, 15) is 13.2 Å². The zero-order chi connectivity index (χ0) is 24.6. The fourth-order valence-corrected chi connectivity index (χ4v) is 4.20. The van der Waals surface area contributed by atoms with Gasteiger partial charge in [-0.3, -0.25) is 4.72 Å². The third kappa shape index (κ3) is 6.74. The predicted molar refractivity (Wildman–Crippen MR) is 131 cm³/mol. The average Bonchev–Trinajstić information content (AvgIpc) is 2.84. The predicted octanol–water partition coefficient (Wildman–Crippen LogP) is 5.34. The Labute approximate surface area is 200 Å². The third-order valence-corrected chi connectivity index (χ3v) is 6.51. The van der Waals surface area contributed by atoms with Gasteiger partial charge in [-0.05, 0) is 73.0 Å². The summed E-state index contributed by atoms with van der Waals surface area (Å²) >= 11 is 0. The van der Waals surface area contributed by atoms with E-state index < -0.39 is 16.0 Å². The van der Waals surface area contributed by atoms with E-state index >= 15 is 0 Å². The van der Waals surface area contributed by atoms with Crippen LogP contribution in [0.5, 0.6) is 11.5 Å². The lowest BCUT2D eigenvalue weighted by Crippen LogP contribution is -2.14. The Morgan fingerprint density at radius 2 is 1.56 bits per heavy atom. The van der Waals surface area contributed by atoms with E-state index in [2.05, 4.69) is 11.6 Å². The number of carbonyl (C=O) groups excluding carboxylic acids is 1. The Morgan fingerprint density at radius 1 is 0.912 bits per heavy atom. The molecule has 0 aliphatic rings. The molecule has 0 radical (unpaired) electrons. The van der Waals surface area contributed by atoms with E-state index in [1.165, 1.54) is 19.2 Å². The summed E-state index contributed by atoms with van der Waals surface area (Å²) in [5.74, 6) is 0.852. The summed E-state index contributed by atoms with van der Waals surface area (Å²) in [6.07, 6.45) is 2.12. The number of nitrogens with one attached hydrogen (secondary N) is 1. The van der Waals surface area contributed by atoms with Crippen molar-refractivity contribution in [1.29, 1.82) is 0 Å². The lowest BCUT2D eigenvalue weighted by Gasteiger charge is -2.12. The highest BCUT2D eigenvalue weighted by Gasteiger charge is 2.18. The molecule has 7 nitrogen and oxygen atoms in total. The molecule has 3 aromatic rings. The van der Waals surface area contributed by atoms with E-state index in [-0.39, 0.29) is 10.5 Å². The van der Waals surface area contributed by atoms with Crippen molar-refractivity contribution in [3.63, 3.8) is 0 Å². The van der Waals surface area contributed by atoms with Gasteiger partial charge in [0.2, 0.25) is 0 Å². The molecular formula is C26H29NO6S. The molecule has 0 saturated heterocycles. The monoisotopic (exact) mass is 483 g/mol. The van der Waals surface area contributed by atoms with Crippen LogP contribution in [-0.2, 0) is 21.4 Å². The fraction of sp³-hybridized carbons (Fsp3) is 0.269. The summed E-state index contributed by atoms with van der Waals surface area (Å²) in [5.41, 5.74) is 2.20. The van der Waals surface area contributed by atoms with Crippen LogP contribution in [0.1, 0.15) is 41.3 Å². The highest BCUT2D eigenvalue weighted by atomic mass is 32.2. The molecule has 0 atom stereocenters. The van der Waals surface area contributed by atoms with E-state index in [4.69, 9.17) is 14.2 Å². The normalized spacial score (nSPS) is 11.0. The molecular weight excluding hydrogens is 454 g/mol. The summed E-state index contributed by atoms with van der Waals surface area (Å²) < 4.78 is 44.3. The van der Waals surface area contributed by atoms with Crippen molar-refractivity contribution in [2.24, 2.45) is 0 Å². The number of unbranched alkanes of at least 4 members (excludes halogenated alkanes) is 1. The average molecular weight is 484 g/mol. The Kier molecular flexibility index (Phi) is 8.54. The van der Waals surface area contributed by atoms with Gasteiger partial charge in [0.05, 0.1) is 24.2 Å². The van der Waals surface area contributed by atoms with Gasteiger partial charge in [-0.1, -0.05) is 31.5 Å². The molecule has 0 unspecified atom stereocenters. The number of anilines is 1. The zero-order valence-electron chi connectivity index (χ0n) is 19.5. The first-order valence-corrected chi connectivity index (χ1v) is 12.5. The minimum Gasteiger partial charge on any atom is -0.494 e. The lowest BCUT2D eigenvalue weighted by molar-refractivity contribution is 0.0599. The molecule has 0 aromatic heterocycles. The second-order valence-electron chi connectivity index (χ2n) is 7.73. The Morgan fingerprint density at radius 3 is 2.21 bits per heavy atom. The topological polar surface area (TPSA) is 90.9 Å². The number of aryl methyl sites for hydroxylation is 1. The minimum absolute atomic E-state index is 0.0269. The SMILES string of the molecule is CCCCOc1ccc(COc2ccc(NS(=O)(=O)c3ccc(C)c(C(=O)OC)c3)cc2)cc1. The molecule has 0 amide bonds. The van der Waals surface area contributed by atoms with Gasteiger partial charge in [-0.25, -0.2) is 13.2 Å². The number of ether oxygens (including phenoxy) is 3. The second kappa shape index (κ2) is 11.6. The van der Waals surface area contributed by atoms with Crippen LogP contribution >= 0.6 is 0 Å². The van der Waals surface area contributed by atoms with Crippen molar-refractivity contribution in [2.75, 3.05) is 18.4 Å². The highest BCUT2D eigenvalue weighted by Crippen LogP contribution is 2.22. The van der Waals surface area contributed by atoms with Gasteiger partial charge < -0.3 is 14.2 Å². The van der Waals surface area contributed by atoms with E-state index in [1.807, 2.05) is 24.3 Å². The largest absolute Gasteiger partial charge is 0.494 e. The van der Waals surface area contributed by atoms with Gasteiger partial charge in [0.25, 0.3) is 10.0 Å². The first kappa shape index (κ1) is 25.1. The van der Waals surface area contributed by atoms with Crippen LogP contribution in [0.2, 0.25) is 0 Å². The van der Waals surface area contributed by atoms with Crippen molar-refractivity contribution < 1.29 is 27.4 Å². The van der Waals surface area contributed by atoms with Crippen LogP contribution < -0.4 is 14.2 Å². The number of hydrogen-bond donors (Lipinski definition) is 1. The van der Waals surface area contributed by atoms with Gasteiger partial charge >= 0.3 is 5.97 Å². The van der Waals surface area contributed by atoms with E-state index in [0.717, 1.165) is 24.2 Å². The molecule has 0 spiro atoms. The second-order valence-corrected chi connectivity index (χ2v) is 9.42.